The van der Waals surface area contributed by atoms with Gasteiger partial charge in [-0.2, -0.15) is 0 Å². The number of carboxylic acids is 1. The van der Waals surface area contributed by atoms with Crippen molar-refractivity contribution in [2.45, 2.75) is 31.7 Å². The Balaban J connectivity index is 1.50. The minimum Gasteiger partial charge on any atom is -0.480 e. The van der Waals surface area contributed by atoms with Crippen LogP contribution in [0.5, 0.6) is 0 Å². The topological polar surface area (TPSA) is 95.9 Å². The lowest BCUT2D eigenvalue weighted by atomic mass is 9.98. The van der Waals surface area contributed by atoms with E-state index in [1.54, 1.807) is 6.92 Å². The van der Waals surface area contributed by atoms with Crippen LogP contribution < -0.4 is 5.32 Å². The molecule has 7 nitrogen and oxygen atoms in total. The van der Waals surface area contributed by atoms with Gasteiger partial charge in [-0.25, -0.2) is 4.79 Å². The fraction of sp³-hybridized carbons (Fsp3) is 0.348. The Morgan fingerprint density at radius 2 is 1.63 bits per heavy atom. The first kappa shape index (κ1) is 21.4. The number of nitrogens with zero attached hydrogens (tertiary/aromatic N) is 1. The van der Waals surface area contributed by atoms with Crippen LogP contribution in [-0.2, 0) is 14.3 Å². The largest absolute Gasteiger partial charge is 0.480 e. The lowest BCUT2D eigenvalue weighted by Crippen LogP contribution is -2.36. The molecule has 7 heteroatoms. The van der Waals surface area contributed by atoms with E-state index < -0.39 is 12.1 Å². The highest BCUT2D eigenvalue weighted by molar-refractivity contribution is 5.81. The van der Waals surface area contributed by atoms with Gasteiger partial charge in [-0.05, 0) is 35.6 Å². The Hall–Kier alpha value is -3.35. The third-order valence-electron chi connectivity index (χ3n) is 5.30. The van der Waals surface area contributed by atoms with E-state index >= 15 is 0 Å². The lowest BCUT2D eigenvalue weighted by molar-refractivity contribution is -0.143. The van der Waals surface area contributed by atoms with Crippen LogP contribution in [0, 0.1) is 0 Å². The van der Waals surface area contributed by atoms with Gasteiger partial charge in [-0.3, -0.25) is 9.59 Å². The number of rotatable bonds is 8. The average Bonchev–Trinajstić information content (AvgIpc) is 3.04. The van der Waals surface area contributed by atoms with Crippen molar-refractivity contribution >= 4 is 18.0 Å². The Bertz CT molecular complexity index is 897. The maximum absolute atomic E-state index is 12.3. The van der Waals surface area contributed by atoms with Gasteiger partial charge in [-0.1, -0.05) is 48.5 Å². The van der Waals surface area contributed by atoms with Crippen molar-refractivity contribution in [3.63, 3.8) is 0 Å². The second kappa shape index (κ2) is 9.43. The second-order valence-electron chi connectivity index (χ2n) is 7.55. The predicted molar refractivity (Wildman–Crippen MR) is 112 cm³/mol. The molecular weight excluding hydrogens is 384 g/mol. The van der Waals surface area contributed by atoms with Crippen LogP contribution in [0.4, 0.5) is 4.79 Å². The Labute approximate surface area is 175 Å². The van der Waals surface area contributed by atoms with Gasteiger partial charge in [0, 0.05) is 25.4 Å². The van der Waals surface area contributed by atoms with Gasteiger partial charge in [0.25, 0.3) is 0 Å². The molecule has 2 aromatic carbocycles. The molecule has 1 aliphatic carbocycles. The summed E-state index contributed by atoms with van der Waals surface area (Å²) in [6.07, 6.45) is 0.0115. The third-order valence-corrected chi connectivity index (χ3v) is 5.30. The molecule has 0 heterocycles. The maximum Gasteiger partial charge on any atom is 0.407 e. The molecule has 0 spiro atoms. The van der Waals surface area contributed by atoms with Crippen LogP contribution in [0.25, 0.3) is 11.1 Å². The molecule has 0 saturated heterocycles. The van der Waals surface area contributed by atoms with Crippen LogP contribution in [0.1, 0.15) is 36.8 Å². The van der Waals surface area contributed by atoms with Gasteiger partial charge >= 0.3 is 12.1 Å². The van der Waals surface area contributed by atoms with Gasteiger partial charge in [0.2, 0.25) is 5.91 Å². The van der Waals surface area contributed by atoms with Gasteiger partial charge < -0.3 is 20.1 Å². The fourth-order valence-corrected chi connectivity index (χ4v) is 3.74. The van der Waals surface area contributed by atoms with E-state index in [9.17, 15) is 14.4 Å². The zero-order valence-electron chi connectivity index (χ0n) is 17.1. The van der Waals surface area contributed by atoms with Crippen LogP contribution >= 0.6 is 0 Å². The van der Waals surface area contributed by atoms with E-state index in [-0.39, 0.29) is 37.4 Å². The summed E-state index contributed by atoms with van der Waals surface area (Å²) in [4.78, 5) is 36.0. The highest BCUT2D eigenvalue weighted by Crippen LogP contribution is 2.44. The normalized spacial score (nSPS) is 13.1. The van der Waals surface area contributed by atoms with E-state index in [1.807, 2.05) is 24.3 Å². The van der Waals surface area contributed by atoms with E-state index in [0.717, 1.165) is 16.0 Å². The molecule has 0 aliphatic heterocycles. The molecule has 30 heavy (non-hydrogen) atoms. The summed E-state index contributed by atoms with van der Waals surface area (Å²) in [5, 5.41) is 11.5. The molecule has 2 N–H and O–H groups in total. The van der Waals surface area contributed by atoms with Crippen molar-refractivity contribution < 1.29 is 24.2 Å². The first-order valence-corrected chi connectivity index (χ1v) is 9.94. The highest BCUT2D eigenvalue weighted by Gasteiger charge is 2.29. The first-order chi connectivity index (χ1) is 14.4. The van der Waals surface area contributed by atoms with Crippen molar-refractivity contribution in [3.05, 3.63) is 59.7 Å². The number of carbonyl (C=O) groups is 3. The SMILES string of the molecule is CC(CCC(=O)N(C)CC(=O)O)NC(=O)OCC1c2ccccc2-c2ccccc21. The molecule has 2 aromatic rings. The summed E-state index contributed by atoms with van der Waals surface area (Å²) in [5.41, 5.74) is 4.62. The summed E-state index contributed by atoms with van der Waals surface area (Å²) in [7, 11) is 1.44. The zero-order chi connectivity index (χ0) is 21.7. The predicted octanol–water partition coefficient (Wildman–Crippen LogP) is 3.24. The number of hydrogen-bond acceptors (Lipinski definition) is 4. The number of benzene rings is 2. The van der Waals surface area contributed by atoms with Crippen LogP contribution in [-0.4, -0.2) is 54.2 Å². The number of aliphatic carboxylic acids is 1. The van der Waals surface area contributed by atoms with Crippen molar-refractivity contribution in [2.24, 2.45) is 0 Å². The monoisotopic (exact) mass is 410 g/mol. The van der Waals surface area contributed by atoms with E-state index in [0.29, 0.717) is 6.42 Å². The van der Waals surface area contributed by atoms with Crippen molar-refractivity contribution in [1.29, 1.82) is 0 Å². The number of ether oxygens (including phenoxy) is 1. The average molecular weight is 410 g/mol. The molecule has 0 bridgehead atoms. The van der Waals surface area contributed by atoms with Crippen molar-refractivity contribution in [3.8, 4) is 11.1 Å². The molecule has 1 unspecified atom stereocenters. The molecule has 1 atom stereocenters. The van der Waals surface area contributed by atoms with Gasteiger partial charge in [0.05, 0.1) is 0 Å². The minimum absolute atomic E-state index is 0.00954. The van der Waals surface area contributed by atoms with Crippen LogP contribution in [0.15, 0.2) is 48.5 Å². The maximum atomic E-state index is 12.3. The summed E-state index contributed by atoms with van der Waals surface area (Å²) in [6, 6.07) is 16.0. The number of nitrogens with one attached hydrogen (secondary N) is 1. The molecule has 0 radical (unpaired) electrons. The molecule has 0 saturated carbocycles. The summed E-state index contributed by atoms with van der Waals surface area (Å²) in [6.45, 7) is 1.67. The minimum atomic E-state index is -1.06. The number of carboxylic acid groups (broad SMARTS) is 1. The Morgan fingerprint density at radius 1 is 1.07 bits per heavy atom. The van der Waals surface area contributed by atoms with Crippen molar-refractivity contribution in [1.82, 2.24) is 10.2 Å². The molecule has 0 fully saturated rings. The van der Waals surface area contributed by atoms with Crippen LogP contribution in [0.2, 0.25) is 0 Å². The van der Waals surface area contributed by atoms with Gasteiger partial charge in [0.1, 0.15) is 13.2 Å². The molecule has 3 rings (SSSR count). The Kier molecular flexibility index (Phi) is 6.72. The Morgan fingerprint density at radius 3 is 2.20 bits per heavy atom. The number of amides is 2. The summed E-state index contributed by atoms with van der Waals surface area (Å²) >= 11 is 0. The summed E-state index contributed by atoms with van der Waals surface area (Å²) < 4.78 is 5.49. The van der Waals surface area contributed by atoms with E-state index in [1.165, 1.54) is 18.2 Å². The van der Waals surface area contributed by atoms with E-state index in [2.05, 4.69) is 29.6 Å². The number of fused-ring (bicyclic) bond motifs is 3. The number of hydrogen-bond donors (Lipinski definition) is 2. The first-order valence-electron chi connectivity index (χ1n) is 9.94. The van der Waals surface area contributed by atoms with Gasteiger partial charge in [0.15, 0.2) is 0 Å². The van der Waals surface area contributed by atoms with Crippen LogP contribution in [0.3, 0.4) is 0 Å². The molecular formula is C23H26N2O5. The second-order valence-corrected chi connectivity index (χ2v) is 7.55. The third kappa shape index (κ3) is 4.97. The zero-order valence-corrected chi connectivity index (χ0v) is 17.1. The van der Waals surface area contributed by atoms with Gasteiger partial charge in [-0.15, -0.1) is 0 Å². The van der Waals surface area contributed by atoms with Crippen molar-refractivity contribution in [2.75, 3.05) is 20.2 Å². The highest BCUT2D eigenvalue weighted by atomic mass is 16.5. The van der Waals surface area contributed by atoms with E-state index in [4.69, 9.17) is 9.84 Å². The standard InChI is InChI=1S/C23H26N2O5/c1-15(11-12-21(26)25(2)13-22(27)28)24-23(29)30-14-20-18-9-5-3-7-16(18)17-8-4-6-10-19(17)20/h3-10,15,20H,11-14H2,1-2H3,(H,24,29)(H,27,28). The smallest absolute Gasteiger partial charge is 0.407 e. The number of carbonyl (C=O) groups excluding carboxylic acids is 2. The molecule has 1 aliphatic rings. The molecule has 158 valence electrons. The molecule has 2 amide bonds. The lowest BCUT2D eigenvalue weighted by Gasteiger charge is -2.18. The quantitative estimate of drug-likeness (QED) is 0.697. The number of likely N-dealkylation sites (N-methyl/N-ethyl adjacent to an activating group) is 1. The number of alkyl carbamates (subject to hydrolysis) is 1. The summed E-state index contributed by atoms with van der Waals surface area (Å²) in [5.74, 6) is -1.35. The molecule has 0 aromatic heterocycles. The fourth-order valence-electron chi connectivity index (χ4n) is 3.74.